The lowest BCUT2D eigenvalue weighted by Gasteiger charge is -2.33. The number of para-hydroxylation sites is 2. The third-order valence-electron chi connectivity index (χ3n) is 2.64. The van der Waals surface area contributed by atoms with Crippen LogP contribution in [0, 0.1) is 0 Å². The zero-order valence-electron chi connectivity index (χ0n) is 9.35. The Morgan fingerprint density at radius 3 is 2.82 bits per heavy atom. The molecule has 0 N–H and O–H groups in total. The van der Waals surface area contributed by atoms with Crippen LogP contribution in [0.5, 0.6) is 5.75 Å². The maximum absolute atomic E-state index is 11.7. The fourth-order valence-electron chi connectivity index (χ4n) is 1.75. The highest BCUT2D eigenvalue weighted by molar-refractivity contribution is 6.29. The van der Waals surface area contributed by atoms with Gasteiger partial charge in [0.2, 0.25) is 5.91 Å². The van der Waals surface area contributed by atoms with Crippen molar-refractivity contribution in [1.82, 2.24) is 0 Å². The smallest absolute Gasteiger partial charge is 0.242 e. The van der Waals surface area contributed by atoms with E-state index in [1.54, 1.807) is 18.2 Å². The van der Waals surface area contributed by atoms with E-state index in [2.05, 4.69) is 0 Å². The summed E-state index contributed by atoms with van der Waals surface area (Å²) in [5, 5.41) is 0. The molecule has 1 aromatic rings. The van der Waals surface area contributed by atoms with Gasteiger partial charge in [-0.15, -0.1) is 11.6 Å². The molecule has 0 spiro atoms. The van der Waals surface area contributed by atoms with Gasteiger partial charge in [0, 0.05) is 0 Å². The molecule has 0 fully saturated rings. The molecule has 0 aliphatic carbocycles. The van der Waals surface area contributed by atoms with Crippen molar-refractivity contribution < 1.29 is 14.3 Å². The van der Waals surface area contributed by atoms with E-state index in [1.165, 1.54) is 11.8 Å². The quantitative estimate of drug-likeness (QED) is 0.753. The van der Waals surface area contributed by atoms with Crippen molar-refractivity contribution >= 4 is 29.0 Å². The summed E-state index contributed by atoms with van der Waals surface area (Å²) in [6.45, 7) is 1.67. The number of Topliss-reactive ketones (excluding diaryl/α,β-unsaturated/α-hetero) is 1. The summed E-state index contributed by atoms with van der Waals surface area (Å²) in [5.74, 6) is 0.0943. The van der Waals surface area contributed by atoms with Gasteiger partial charge in [0.1, 0.15) is 11.6 Å². The molecule has 0 bridgehead atoms. The molecule has 17 heavy (non-hydrogen) atoms. The zero-order chi connectivity index (χ0) is 12.4. The number of rotatable bonds is 2. The van der Waals surface area contributed by atoms with Gasteiger partial charge >= 0.3 is 0 Å². The van der Waals surface area contributed by atoms with E-state index < -0.39 is 6.10 Å². The maximum atomic E-state index is 11.7. The summed E-state index contributed by atoms with van der Waals surface area (Å²) in [4.78, 5) is 24.6. The maximum Gasteiger partial charge on any atom is 0.242 e. The number of ketones is 1. The summed E-state index contributed by atoms with van der Waals surface area (Å²) in [6, 6.07) is 7.12. The standard InChI is InChI=1S/C12H12ClNO3/c1-8(15)11-7-14(12(16)6-13)9-4-2-3-5-10(9)17-11/h2-5,11H,6-7H2,1H3/t11-/m0/s1. The van der Waals surface area contributed by atoms with Crippen LogP contribution in [0.1, 0.15) is 6.92 Å². The Labute approximate surface area is 104 Å². The Morgan fingerprint density at radius 1 is 1.47 bits per heavy atom. The Morgan fingerprint density at radius 2 is 2.18 bits per heavy atom. The fourth-order valence-corrected chi connectivity index (χ4v) is 1.90. The average Bonchev–Trinajstić information content (AvgIpc) is 2.36. The Balaban J connectivity index is 2.39. The highest BCUT2D eigenvalue weighted by Crippen LogP contribution is 2.33. The molecule has 0 saturated carbocycles. The van der Waals surface area contributed by atoms with E-state index in [4.69, 9.17) is 16.3 Å². The van der Waals surface area contributed by atoms with Crippen LogP contribution in [0.2, 0.25) is 0 Å². The Kier molecular flexibility index (Phi) is 3.33. The van der Waals surface area contributed by atoms with Crippen molar-refractivity contribution in [1.29, 1.82) is 0 Å². The minimum Gasteiger partial charge on any atom is -0.479 e. The van der Waals surface area contributed by atoms with Gasteiger partial charge in [0.25, 0.3) is 0 Å². The summed E-state index contributed by atoms with van der Waals surface area (Å²) < 4.78 is 5.53. The number of alkyl halides is 1. The molecule has 1 amide bonds. The summed E-state index contributed by atoms with van der Waals surface area (Å²) in [6.07, 6.45) is -0.614. The summed E-state index contributed by atoms with van der Waals surface area (Å²) in [5.41, 5.74) is 0.663. The number of benzene rings is 1. The van der Waals surface area contributed by atoms with Crippen molar-refractivity contribution in [2.24, 2.45) is 0 Å². The molecule has 1 aliphatic heterocycles. The second-order valence-electron chi connectivity index (χ2n) is 3.82. The normalized spacial score (nSPS) is 18.2. The predicted octanol–water partition coefficient (Wildman–Crippen LogP) is 1.61. The molecule has 2 rings (SSSR count). The van der Waals surface area contributed by atoms with Crippen LogP contribution in [0.3, 0.4) is 0 Å². The predicted molar refractivity (Wildman–Crippen MR) is 64.6 cm³/mol. The number of hydrogen-bond acceptors (Lipinski definition) is 3. The van der Waals surface area contributed by atoms with E-state index in [0.29, 0.717) is 11.4 Å². The molecule has 1 aromatic carbocycles. The van der Waals surface area contributed by atoms with Crippen LogP contribution in [-0.2, 0) is 9.59 Å². The molecule has 0 unspecified atom stereocenters. The largest absolute Gasteiger partial charge is 0.479 e. The van der Waals surface area contributed by atoms with Crippen LogP contribution in [0.25, 0.3) is 0 Å². The minimum atomic E-state index is -0.614. The lowest BCUT2D eigenvalue weighted by atomic mass is 10.1. The number of carbonyl (C=O) groups excluding carboxylic acids is 2. The molecular weight excluding hydrogens is 242 g/mol. The first-order chi connectivity index (χ1) is 8.13. The van der Waals surface area contributed by atoms with Crippen LogP contribution >= 0.6 is 11.6 Å². The SMILES string of the molecule is CC(=O)[C@@H]1CN(C(=O)CCl)c2ccccc2O1. The van der Waals surface area contributed by atoms with Gasteiger partial charge in [-0.05, 0) is 19.1 Å². The van der Waals surface area contributed by atoms with Gasteiger partial charge in [-0.3, -0.25) is 9.59 Å². The average molecular weight is 254 g/mol. The number of anilines is 1. The summed E-state index contributed by atoms with van der Waals surface area (Å²) >= 11 is 5.56. The lowest BCUT2D eigenvalue weighted by molar-refractivity contribution is -0.124. The molecule has 4 nitrogen and oxygen atoms in total. The van der Waals surface area contributed by atoms with Crippen molar-refractivity contribution in [3.8, 4) is 5.75 Å². The van der Waals surface area contributed by atoms with Gasteiger partial charge in [-0.2, -0.15) is 0 Å². The number of fused-ring (bicyclic) bond motifs is 1. The van der Waals surface area contributed by atoms with Gasteiger partial charge < -0.3 is 9.64 Å². The first-order valence-electron chi connectivity index (χ1n) is 5.26. The molecule has 0 radical (unpaired) electrons. The third-order valence-corrected chi connectivity index (χ3v) is 2.87. The van der Waals surface area contributed by atoms with E-state index in [1.807, 2.05) is 6.07 Å². The first kappa shape index (κ1) is 11.9. The van der Waals surface area contributed by atoms with Crippen LogP contribution in [0.4, 0.5) is 5.69 Å². The van der Waals surface area contributed by atoms with Gasteiger partial charge in [0.05, 0.1) is 12.2 Å². The van der Waals surface area contributed by atoms with E-state index in [9.17, 15) is 9.59 Å². The van der Waals surface area contributed by atoms with Crippen LogP contribution < -0.4 is 9.64 Å². The number of nitrogens with zero attached hydrogens (tertiary/aromatic N) is 1. The van der Waals surface area contributed by atoms with Crippen molar-refractivity contribution in [3.63, 3.8) is 0 Å². The number of amides is 1. The molecule has 1 heterocycles. The topological polar surface area (TPSA) is 46.6 Å². The molecule has 90 valence electrons. The molecule has 0 saturated heterocycles. The van der Waals surface area contributed by atoms with Crippen molar-refractivity contribution in [2.45, 2.75) is 13.0 Å². The Hall–Kier alpha value is -1.55. The van der Waals surface area contributed by atoms with Gasteiger partial charge in [-0.25, -0.2) is 0 Å². The van der Waals surface area contributed by atoms with Crippen LogP contribution in [-0.4, -0.2) is 30.2 Å². The summed E-state index contributed by atoms with van der Waals surface area (Å²) in [7, 11) is 0. The molecule has 1 aliphatic rings. The number of hydrogen-bond donors (Lipinski definition) is 0. The zero-order valence-corrected chi connectivity index (χ0v) is 10.1. The van der Waals surface area contributed by atoms with E-state index in [0.717, 1.165) is 0 Å². The van der Waals surface area contributed by atoms with Gasteiger partial charge in [0.15, 0.2) is 11.9 Å². The number of halogens is 1. The fraction of sp³-hybridized carbons (Fsp3) is 0.333. The highest BCUT2D eigenvalue weighted by atomic mass is 35.5. The number of carbonyl (C=O) groups is 2. The molecule has 0 aromatic heterocycles. The van der Waals surface area contributed by atoms with E-state index >= 15 is 0 Å². The van der Waals surface area contributed by atoms with E-state index in [-0.39, 0.29) is 24.1 Å². The van der Waals surface area contributed by atoms with Crippen LogP contribution in [0.15, 0.2) is 24.3 Å². The van der Waals surface area contributed by atoms with Crippen molar-refractivity contribution in [2.75, 3.05) is 17.3 Å². The minimum absolute atomic E-state index is 0.105. The number of ether oxygens (including phenoxy) is 1. The van der Waals surface area contributed by atoms with Gasteiger partial charge in [-0.1, -0.05) is 12.1 Å². The second kappa shape index (κ2) is 4.75. The monoisotopic (exact) mass is 253 g/mol. The third kappa shape index (κ3) is 2.26. The highest BCUT2D eigenvalue weighted by Gasteiger charge is 2.31. The van der Waals surface area contributed by atoms with Crippen molar-refractivity contribution in [3.05, 3.63) is 24.3 Å². The molecule has 5 heteroatoms. The first-order valence-corrected chi connectivity index (χ1v) is 5.79. The molecule has 1 atom stereocenters. The molecular formula is C12H12ClNO3. The second-order valence-corrected chi connectivity index (χ2v) is 4.09. The lowest BCUT2D eigenvalue weighted by Crippen LogP contribution is -2.46. The Bertz CT molecular complexity index is 461.